The van der Waals surface area contributed by atoms with Crippen molar-refractivity contribution in [3.05, 3.63) is 49.3 Å². The van der Waals surface area contributed by atoms with Gasteiger partial charge in [-0.15, -0.1) is 4.74 Å². The van der Waals surface area contributed by atoms with Crippen LogP contribution in [-0.2, 0) is 4.87 Å². The molecule has 1 aromatic carbocycles. The molecule has 1 aliphatic heterocycles. The molecule has 0 saturated carbocycles. The normalized spacial score (nSPS) is 22.6. The zero-order valence-electron chi connectivity index (χ0n) is 13.9. The fourth-order valence-corrected chi connectivity index (χ4v) is 4.93. The second kappa shape index (κ2) is 5.90. The fourth-order valence-electron chi connectivity index (χ4n) is 2.63. The Kier molecular flexibility index (Phi) is 4.39. The van der Waals surface area contributed by atoms with Crippen LogP contribution in [0.4, 0.5) is 0 Å². The van der Waals surface area contributed by atoms with E-state index in [-0.39, 0.29) is 10.7 Å². The molecule has 134 valence electrons. The Labute approximate surface area is 163 Å². The first-order valence-corrected chi connectivity index (χ1v) is 9.27. The average Bonchev–Trinajstić information content (AvgIpc) is 2.91. The maximum absolute atomic E-state index is 13.0. The molecule has 0 N–H and O–H groups in total. The minimum Gasteiger partial charge on any atom is -0.352 e. The van der Waals surface area contributed by atoms with Crippen molar-refractivity contribution in [2.24, 2.45) is 0 Å². The van der Waals surface area contributed by atoms with Gasteiger partial charge in [-0.3, -0.25) is 0 Å². The number of thioether (sulfide) groups is 1. The van der Waals surface area contributed by atoms with Crippen LogP contribution >= 0.6 is 47.2 Å². The number of halogens is 2. The van der Waals surface area contributed by atoms with Crippen LogP contribution in [0, 0.1) is 0 Å². The Bertz CT molecular complexity index is 995. The molecule has 1 fully saturated rings. The molecule has 6 nitrogen and oxygen atoms in total. The molecular weight excluding hydrogens is 405 g/mol. The van der Waals surface area contributed by atoms with Crippen LogP contribution in [0.3, 0.4) is 0 Å². The molecule has 1 aromatic heterocycles. The molecule has 0 spiro atoms. The van der Waals surface area contributed by atoms with Gasteiger partial charge in [-0.2, -0.15) is 4.57 Å². The lowest BCUT2D eigenvalue weighted by Gasteiger charge is -2.38. The molecule has 2 heterocycles. The quantitative estimate of drug-likeness (QED) is 0.695. The summed E-state index contributed by atoms with van der Waals surface area (Å²) in [5.41, 5.74) is -0.880. The number of hydrogen-bond acceptors (Lipinski definition) is 5. The first-order valence-electron chi connectivity index (χ1n) is 7.29. The Morgan fingerprint density at radius 2 is 1.80 bits per heavy atom. The summed E-state index contributed by atoms with van der Waals surface area (Å²) in [5.74, 6) is -0.804. The number of likely N-dealkylation sites (N-methyl/N-ethyl adjacent to an activating group) is 1. The van der Waals surface area contributed by atoms with Crippen molar-refractivity contribution in [1.29, 1.82) is 0 Å². The Hall–Kier alpha value is -1.22. The number of aromatic nitrogens is 2. The summed E-state index contributed by atoms with van der Waals surface area (Å²) in [4.78, 5) is 26.3. The maximum Gasteiger partial charge on any atom is 0.447 e. The molecule has 2 aromatic rings. The molecule has 1 atom stereocenters. The van der Waals surface area contributed by atoms with Crippen molar-refractivity contribution in [1.82, 2.24) is 14.2 Å². The lowest BCUT2D eigenvalue weighted by Crippen LogP contribution is -2.53. The third-order valence-electron chi connectivity index (χ3n) is 4.80. The van der Waals surface area contributed by atoms with Gasteiger partial charge in [0.15, 0.2) is 4.87 Å². The van der Waals surface area contributed by atoms with Gasteiger partial charge >= 0.3 is 11.4 Å². The summed E-state index contributed by atoms with van der Waals surface area (Å²) in [6.45, 7) is 5.68. The molecule has 3 rings (SSSR count). The topological polar surface area (TPSA) is 60.4 Å². The van der Waals surface area contributed by atoms with Crippen LogP contribution in [0.15, 0.2) is 32.3 Å². The Balaban J connectivity index is 2.22. The van der Waals surface area contributed by atoms with Gasteiger partial charge in [-0.05, 0) is 39.0 Å². The van der Waals surface area contributed by atoms with E-state index in [1.54, 1.807) is 0 Å². The average molecular weight is 420 g/mol. The third-order valence-corrected chi connectivity index (χ3v) is 7.57. The lowest BCUT2D eigenvalue weighted by atomic mass is 9.94. The number of hydrogen-bond donors (Lipinski definition) is 0. The highest BCUT2D eigenvalue weighted by Gasteiger charge is 2.56. The predicted molar refractivity (Wildman–Crippen MR) is 104 cm³/mol. The molecule has 0 radical (unpaired) electrons. The Morgan fingerprint density at radius 1 is 1.16 bits per heavy atom. The minimum absolute atomic E-state index is 0.237. The van der Waals surface area contributed by atoms with Crippen molar-refractivity contribution in [2.45, 2.75) is 31.2 Å². The molecule has 0 aliphatic carbocycles. The van der Waals surface area contributed by atoms with Crippen molar-refractivity contribution in [2.75, 3.05) is 7.05 Å². The van der Waals surface area contributed by atoms with Gasteiger partial charge in [0.2, 0.25) is 0 Å². The monoisotopic (exact) mass is 419 g/mol. The summed E-state index contributed by atoms with van der Waals surface area (Å²) < 4.78 is 7.94. The largest absolute Gasteiger partial charge is 0.447 e. The molecule has 0 bridgehead atoms. The molecule has 10 heteroatoms. The zero-order chi connectivity index (χ0) is 18.7. The molecular formula is C15H15Cl2N3O3S2. The van der Waals surface area contributed by atoms with Gasteiger partial charge < -0.3 is 9.42 Å². The van der Waals surface area contributed by atoms with Crippen LogP contribution in [0.25, 0.3) is 5.69 Å². The van der Waals surface area contributed by atoms with E-state index in [1.165, 1.54) is 30.0 Å². The first-order chi connectivity index (χ1) is 11.5. The fraction of sp³-hybridized carbons (Fsp3) is 0.400. The van der Waals surface area contributed by atoms with Gasteiger partial charge in [0, 0.05) is 7.05 Å². The number of nitrogens with zero attached hydrogens (tertiary/aromatic N) is 3. The van der Waals surface area contributed by atoms with E-state index in [2.05, 4.69) is 0 Å². The number of benzene rings is 1. The van der Waals surface area contributed by atoms with E-state index in [9.17, 15) is 9.59 Å². The van der Waals surface area contributed by atoms with Crippen LogP contribution in [0.2, 0.25) is 10.0 Å². The van der Waals surface area contributed by atoms with E-state index in [0.717, 1.165) is 9.31 Å². The molecule has 1 saturated heterocycles. The van der Waals surface area contributed by atoms with Crippen molar-refractivity contribution < 1.29 is 4.52 Å². The van der Waals surface area contributed by atoms with Crippen molar-refractivity contribution >= 4 is 51.5 Å². The third kappa shape index (κ3) is 2.58. The van der Waals surface area contributed by atoms with Gasteiger partial charge in [0.25, 0.3) is 0 Å². The minimum atomic E-state index is -0.892. The molecule has 25 heavy (non-hydrogen) atoms. The molecule has 1 aliphatic rings. The number of thiocarbonyl (C=S) groups is 1. The highest BCUT2D eigenvalue weighted by molar-refractivity contribution is 8.23. The summed E-state index contributed by atoms with van der Waals surface area (Å²) in [6, 6.07) is 4.49. The van der Waals surface area contributed by atoms with E-state index in [0.29, 0.717) is 9.34 Å². The maximum atomic E-state index is 13.0. The summed E-state index contributed by atoms with van der Waals surface area (Å²) in [6.07, 6.45) is 0. The van der Waals surface area contributed by atoms with Crippen LogP contribution in [0.1, 0.15) is 20.8 Å². The summed E-state index contributed by atoms with van der Waals surface area (Å²) >= 11 is 18.6. The second-order valence-electron chi connectivity index (χ2n) is 6.34. The van der Waals surface area contributed by atoms with Crippen LogP contribution < -0.4 is 11.4 Å². The zero-order valence-corrected chi connectivity index (χ0v) is 17.0. The predicted octanol–water partition coefficient (Wildman–Crippen LogP) is 3.31. The van der Waals surface area contributed by atoms with Crippen molar-refractivity contribution in [3.8, 4) is 5.69 Å². The van der Waals surface area contributed by atoms with Crippen molar-refractivity contribution in [3.63, 3.8) is 0 Å². The second-order valence-corrected chi connectivity index (χ2v) is 9.18. The van der Waals surface area contributed by atoms with Crippen LogP contribution in [-0.4, -0.2) is 31.1 Å². The number of rotatable bonds is 2. The van der Waals surface area contributed by atoms with Gasteiger partial charge in [-0.25, -0.2) is 9.59 Å². The standard InChI is InChI=1S/C15H15Cl2N3O3S2/c1-14(2)15(3,25-13(24)18(14)4)20-11(21)19(12(22)23-20)8-5-6-9(16)10(17)7-8/h5-7H,1-4H3/t15-/m1/s1. The van der Waals surface area contributed by atoms with Gasteiger partial charge in [0.05, 0.1) is 21.3 Å². The van der Waals surface area contributed by atoms with E-state index in [4.69, 9.17) is 39.9 Å². The Morgan fingerprint density at radius 3 is 2.32 bits per heavy atom. The van der Waals surface area contributed by atoms with Crippen LogP contribution in [0.5, 0.6) is 0 Å². The van der Waals surface area contributed by atoms with E-state index >= 15 is 0 Å². The highest BCUT2D eigenvalue weighted by atomic mass is 35.5. The highest BCUT2D eigenvalue weighted by Crippen LogP contribution is 2.50. The summed E-state index contributed by atoms with van der Waals surface area (Å²) in [7, 11) is 1.85. The summed E-state index contributed by atoms with van der Waals surface area (Å²) in [5, 5.41) is 0.564. The van der Waals surface area contributed by atoms with E-state index in [1.807, 2.05) is 32.7 Å². The molecule has 0 amide bonds. The first kappa shape index (κ1) is 18.6. The van der Waals surface area contributed by atoms with Gasteiger partial charge in [-0.1, -0.05) is 47.2 Å². The van der Waals surface area contributed by atoms with Gasteiger partial charge in [0.1, 0.15) is 4.32 Å². The SMILES string of the molecule is CN1C(=S)S[C@@](C)(n2oc(=O)n(-c3ccc(Cl)c(Cl)c3)c2=O)C1(C)C. The smallest absolute Gasteiger partial charge is 0.352 e. The lowest BCUT2D eigenvalue weighted by molar-refractivity contribution is 0.0797. The molecule has 0 unspecified atom stereocenters. The van der Waals surface area contributed by atoms with E-state index < -0.39 is 21.9 Å².